The van der Waals surface area contributed by atoms with E-state index in [0.29, 0.717) is 6.10 Å². The first-order chi connectivity index (χ1) is 9.42. The van der Waals surface area contributed by atoms with Gasteiger partial charge in [0.15, 0.2) is 6.29 Å². The summed E-state index contributed by atoms with van der Waals surface area (Å²) < 4.78 is 11.7. The molecule has 1 atom stereocenters. The third-order valence-corrected chi connectivity index (χ3v) is 4.05. The molecule has 1 aromatic rings. The Morgan fingerprint density at radius 1 is 1.00 bits per heavy atom. The summed E-state index contributed by atoms with van der Waals surface area (Å²) in [5.74, 6) is 0. The summed E-state index contributed by atoms with van der Waals surface area (Å²) in [5.41, 5.74) is 1.33. The molecular weight excluding hydrogens is 238 g/mol. The Kier molecular flexibility index (Phi) is 4.36. The van der Waals surface area contributed by atoms with Crippen molar-refractivity contribution in [2.24, 2.45) is 0 Å². The van der Waals surface area contributed by atoms with Gasteiger partial charge in [0, 0.05) is 25.4 Å². The van der Waals surface area contributed by atoms with Gasteiger partial charge < -0.3 is 14.4 Å². The van der Waals surface area contributed by atoms with Crippen molar-refractivity contribution >= 4 is 5.69 Å². The molecule has 3 heteroatoms. The van der Waals surface area contributed by atoms with E-state index in [9.17, 15) is 0 Å². The summed E-state index contributed by atoms with van der Waals surface area (Å²) in [4.78, 5) is 2.45. The summed E-state index contributed by atoms with van der Waals surface area (Å²) in [6, 6.07) is 10.7. The van der Waals surface area contributed by atoms with Crippen LogP contribution in [0.4, 0.5) is 5.69 Å². The van der Waals surface area contributed by atoms with Crippen LogP contribution >= 0.6 is 0 Å². The second kappa shape index (κ2) is 6.40. The van der Waals surface area contributed by atoms with Crippen LogP contribution in [-0.4, -0.2) is 32.1 Å². The molecule has 2 aliphatic heterocycles. The van der Waals surface area contributed by atoms with Crippen molar-refractivity contribution in [3.05, 3.63) is 30.3 Å². The number of benzene rings is 1. The molecule has 19 heavy (non-hydrogen) atoms. The number of anilines is 1. The lowest BCUT2D eigenvalue weighted by molar-refractivity contribution is -0.191. The summed E-state index contributed by atoms with van der Waals surface area (Å²) in [6.45, 7) is 3.04. The molecule has 0 saturated carbocycles. The predicted octanol–water partition coefficient (Wildman–Crippen LogP) is 3.20. The molecule has 0 aliphatic carbocycles. The summed E-state index contributed by atoms with van der Waals surface area (Å²) >= 11 is 0. The average Bonchev–Trinajstić information content (AvgIpc) is 2.50. The van der Waals surface area contributed by atoms with Crippen molar-refractivity contribution in [1.29, 1.82) is 0 Å². The fourth-order valence-corrected chi connectivity index (χ4v) is 2.92. The molecule has 1 unspecified atom stereocenters. The second-order valence-electron chi connectivity index (χ2n) is 5.45. The minimum atomic E-state index is 0.0574. The second-order valence-corrected chi connectivity index (χ2v) is 5.45. The van der Waals surface area contributed by atoms with Gasteiger partial charge in [-0.2, -0.15) is 0 Å². The minimum Gasteiger partial charge on any atom is -0.371 e. The zero-order valence-electron chi connectivity index (χ0n) is 11.5. The highest BCUT2D eigenvalue weighted by Gasteiger charge is 2.24. The molecule has 3 nitrogen and oxygen atoms in total. The average molecular weight is 261 g/mol. The monoisotopic (exact) mass is 261 g/mol. The number of nitrogens with zero attached hydrogens (tertiary/aromatic N) is 1. The Morgan fingerprint density at radius 2 is 1.79 bits per heavy atom. The van der Waals surface area contributed by atoms with Gasteiger partial charge in [0.25, 0.3) is 0 Å². The predicted molar refractivity (Wildman–Crippen MR) is 76.4 cm³/mol. The van der Waals surface area contributed by atoms with Crippen LogP contribution in [0.15, 0.2) is 30.3 Å². The van der Waals surface area contributed by atoms with E-state index in [1.165, 1.54) is 18.5 Å². The number of hydrogen-bond acceptors (Lipinski definition) is 3. The maximum absolute atomic E-state index is 6.07. The van der Waals surface area contributed by atoms with E-state index in [0.717, 1.165) is 39.0 Å². The van der Waals surface area contributed by atoms with Crippen molar-refractivity contribution in [3.8, 4) is 0 Å². The zero-order valence-corrected chi connectivity index (χ0v) is 11.5. The quantitative estimate of drug-likeness (QED) is 0.834. The van der Waals surface area contributed by atoms with Crippen LogP contribution in [0.1, 0.15) is 32.1 Å². The van der Waals surface area contributed by atoms with Crippen LogP contribution in [0.5, 0.6) is 0 Å². The maximum Gasteiger partial charge on any atom is 0.157 e. The molecule has 0 bridgehead atoms. The van der Waals surface area contributed by atoms with E-state index >= 15 is 0 Å². The standard InChI is InChI=1S/C16H23NO2/c1-2-6-14(7-3-1)17-11-9-15(10-12-17)19-16-8-4-5-13-18-16/h1-3,6-7,15-16H,4-5,8-13H2. The first-order valence-electron chi connectivity index (χ1n) is 7.49. The lowest BCUT2D eigenvalue weighted by Crippen LogP contribution is -2.39. The fraction of sp³-hybridized carbons (Fsp3) is 0.625. The molecule has 3 rings (SSSR count). The molecule has 0 N–H and O–H groups in total. The van der Waals surface area contributed by atoms with Crippen molar-refractivity contribution in [1.82, 2.24) is 0 Å². The first kappa shape index (κ1) is 12.9. The van der Waals surface area contributed by atoms with Gasteiger partial charge in [-0.3, -0.25) is 0 Å². The van der Waals surface area contributed by atoms with Gasteiger partial charge in [0.2, 0.25) is 0 Å². The van der Waals surface area contributed by atoms with E-state index in [-0.39, 0.29) is 6.29 Å². The van der Waals surface area contributed by atoms with E-state index in [4.69, 9.17) is 9.47 Å². The van der Waals surface area contributed by atoms with Crippen LogP contribution in [0, 0.1) is 0 Å². The molecule has 2 fully saturated rings. The van der Waals surface area contributed by atoms with E-state index in [1.807, 2.05) is 0 Å². The van der Waals surface area contributed by atoms with Gasteiger partial charge in [0.1, 0.15) is 0 Å². The smallest absolute Gasteiger partial charge is 0.157 e. The minimum absolute atomic E-state index is 0.0574. The van der Waals surface area contributed by atoms with Gasteiger partial charge in [-0.05, 0) is 44.2 Å². The van der Waals surface area contributed by atoms with Gasteiger partial charge in [-0.1, -0.05) is 18.2 Å². The summed E-state index contributed by atoms with van der Waals surface area (Å²) in [6.07, 6.45) is 6.15. The van der Waals surface area contributed by atoms with Gasteiger partial charge in [-0.25, -0.2) is 0 Å². The highest BCUT2D eigenvalue weighted by molar-refractivity contribution is 5.46. The maximum atomic E-state index is 6.07. The zero-order chi connectivity index (χ0) is 12.9. The number of rotatable bonds is 3. The SMILES string of the molecule is c1ccc(N2CCC(OC3CCCCO3)CC2)cc1. The Bertz CT molecular complexity index is 368. The highest BCUT2D eigenvalue weighted by atomic mass is 16.7. The third kappa shape index (κ3) is 3.48. The molecule has 2 saturated heterocycles. The Labute approximate surface area is 115 Å². The topological polar surface area (TPSA) is 21.7 Å². The number of hydrogen-bond donors (Lipinski definition) is 0. The first-order valence-corrected chi connectivity index (χ1v) is 7.49. The van der Waals surface area contributed by atoms with Crippen molar-refractivity contribution in [2.45, 2.75) is 44.5 Å². The number of piperidine rings is 1. The molecule has 104 valence electrons. The summed E-state index contributed by atoms with van der Waals surface area (Å²) in [7, 11) is 0. The van der Waals surface area contributed by atoms with Gasteiger partial charge in [-0.15, -0.1) is 0 Å². The Hall–Kier alpha value is -1.06. The van der Waals surface area contributed by atoms with Gasteiger partial charge >= 0.3 is 0 Å². The fourth-order valence-electron chi connectivity index (χ4n) is 2.92. The molecule has 0 aromatic heterocycles. The van der Waals surface area contributed by atoms with E-state index < -0.39 is 0 Å². The van der Waals surface area contributed by atoms with E-state index in [2.05, 4.69) is 35.2 Å². The molecular formula is C16H23NO2. The number of ether oxygens (including phenoxy) is 2. The van der Waals surface area contributed by atoms with Crippen LogP contribution in [0.25, 0.3) is 0 Å². The summed E-state index contributed by atoms with van der Waals surface area (Å²) in [5, 5.41) is 0. The molecule has 0 spiro atoms. The number of para-hydroxylation sites is 1. The normalized spacial score (nSPS) is 25.5. The molecule has 1 aromatic carbocycles. The molecule has 0 amide bonds. The Balaban J connectivity index is 1.46. The van der Waals surface area contributed by atoms with E-state index in [1.54, 1.807) is 0 Å². The molecule has 2 heterocycles. The Morgan fingerprint density at radius 3 is 2.47 bits per heavy atom. The van der Waals surface area contributed by atoms with Crippen LogP contribution < -0.4 is 4.90 Å². The largest absolute Gasteiger partial charge is 0.371 e. The van der Waals surface area contributed by atoms with Crippen molar-refractivity contribution in [2.75, 3.05) is 24.6 Å². The van der Waals surface area contributed by atoms with Crippen LogP contribution in [-0.2, 0) is 9.47 Å². The van der Waals surface area contributed by atoms with Crippen molar-refractivity contribution in [3.63, 3.8) is 0 Å². The third-order valence-electron chi connectivity index (χ3n) is 4.05. The van der Waals surface area contributed by atoms with Gasteiger partial charge in [0.05, 0.1) is 6.10 Å². The lowest BCUT2D eigenvalue weighted by Gasteiger charge is -2.35. The lowest BCUT2D eigenvalue weighted by atomic mass is 10.1. The highest BCUT2D eigenvalue weighted by Crippen LogP contribution is 2.24. The van der Waals surface area contributed by atoms with Crippen LogP contribution in [0.2, 0.25) is 0 Å². The van der Waals surface area contributed by atoms with Crippen LogP contribution in [0.3, 0.4) is 0 Å². The van der Waals surface area contributed by atoms with Crippen molar-refractivity contribution < 1.29 is 9.47 Å². The molecule has 2 aliphatic rings. The molecule has 0 radical (unpaired) electrons.